The fourth-order valence-corrected chi connectivity index (χ4v) is 2.36. The second-order valence-corrected chi connectivity index (χ2v) is 4.31. The fourth-order valence-electron chi connectivity index (χ4n) is 2.36. The minimum Gasteiger partial charge on any atom is -0.368 e. The Hall–Kier alpha value is -2.75. The summed E-state index contributed by atoms with van der Waals surface area (Å²) in [6.07, 6.45) is 0. The van der Waals surface area contributed by atoms with Crippen molar-refractivity contribution < 1.29 is 0 Å². The van der Waals surface area contributed by atoms with Crippen molar-refractivity contribution in [3.8, 4) is 11.1 Å². The van der Waals surface area contributed by atoms with Gasteiger partial charge in [-0.25, -0.2) is 4.99 Å². The molecule has 0 fully saturated rings. The lowest BCUT2D eigenvalue weighted by Gasteiger charge is -2.21. The highest BCUT2D eigenvalue weighted by molar-refractivity contribution is 6.56. The lowest BCUT2D eigenvalue weighted by atomic mass is 9.83. The van der Waals surface area contributed by atoms with Crippen molar-refractivity contribution in [2.24, 2.45) is 10.7 Å². The molecule has 2 aromatic carbocycles. The van der Waals surface area contributed by atoms with Gasteiger partial charge in [-0.2, -0.15) is 0 Å². The average Bonchev–Trinajstić information content (AvgIpc) is 2.43. The van der Waals surface area contributed by atoms with Crippen molar-refractivity contribution in [2.75, 3.05) is 0 Å². The Balaban J connectivity index is 2.36. The van der Waals surface area contributed by atoms with Crippen LogP contribution in [0, 0.1) is 10.8 Å². The first-order valence-corrected chi connectivity index (χ1v) is 5.89. The van der Waals surface area contributed by atoms with Gasteiger partial charge in [0.2, 0.25) is 5.96 Å². The van der Waals surface area contributed by atoms with Crippen molar-refractivity contribution >= 4 is 17.4 Å². The Labute approximate surface area is 110 Å². The largest absolute Gasteiger partial charge is 0.368 e. The first-order chi connectivity index (χ1) is 9.18. The maximum atomic E-state index is 8.27. The minimum absolute atomic E-state index is 0.283. The molecule has 4 N–H and O–H groups in total. The third-order valence-electron chi connectivity index (χ3n) is 3.14. The van der Waals surface area contributed by atoms with Crippen molar-refractivity contribution in [3.63, 3.8) is 0 Å². The number of aliphatic imine (C=N–C) groups is 1. The molecule has 4 heteroatoms. The molecule has 0 amide bonds. The van der Waals surface area contributed by atoms with Crippen LogP contribution in [0.4, 0.5) is 0 Å². The predicted molar refractivity (Wildman–Crippen MR) is 77.2 cm³/mol. The Bertz CT molecular complexity index is 728. The van der Waals surface area contributed by atoms with Crippen LogP contribution in [0.5, 0.6) is 0 Å². The monoisotopic (exact) mass is 248 g/mol. The number of benzene rings is 2. The molecule has 1 aliphatic carbocycles. The first-order valence-electron chi connectivity index (χ1n) is 5.89. The zero-order chi connectivity index (χ0) is 13.4. The van der Waals surface area contributed by atoms with Crippen molar-refractivity contribution in [2.45, 2.75) is 0 Å². The van der Waals surface area contributed by atoms with Gasteiger partial charge >= 0.3 is 0 Å². The number of rotatable bonds is 0. The van der Waals surface area contributed by atoms with Gasteiger partial charge in [-0.15, -0.1) is 0 Å². The molecular formula is C15H12N4. The number of nitrogens with one attached hydrogen (secondary N) is 2. The fraction of sp³-hybridized carbons (Fsp3) is 0. The standard InChI is InChI=1S/C15H12N4/c16-13-11-7-3-1-5-9(11)10-6-2-4-8-12(10)14(13)19-15(17)18/h1-8,16H,(H3,17,18). The topological polar surface area (TPSA) is 86.1 Å². The Morgan fingerprint density at radius 1 is 0.842 bits per heavy atom. The number of guanidine groups is 1. The normalized spacial score (nSPS) is 14.9. The highest BCUT2D eigenvalue weighted by atomic mass is 15.0. The van der Waals surface area contributed by atoms with Gasteiger partial charge in [0.1, 0.15) is 5.71 Å². The molecule has 0 aliphatic heterocycles. The summed E-state index contributed by atoms with van der Waals surface area (Å²) in [5, 5.41) is 15.6. The van der Waals surface area contributed by atoms with E-state index in [1.165, 1.54) is 0 Å². The summed E-state index contributed by atoms with van der Waals surface area (Å²) in [5.41, 5.74) is 9.84. The molecule has 4 nitrogen and oxygen atoms in total. The summed E-state index contributed by atoms with van der Waals surface area (Å²) in [6.45, 7) is 0. The summed E-state index contributed by atoms with van der Waals surface area (Å²) < 4.78 is 0. The third-order valence-corrected chi connectivity index (χ3v) is 3.14. The summed E-state index contributed by atoms with van der Waals surface area (Å²) in [4.78, 5) is 4.01. The van der Waals surface area contributed by atoms with E-state index in [1.807, 2.05) is 48.5 Å². The van der Waals surface area contributed by atoms with Crippen LogP contribution in [0.3, 0.4) is 0 Å². The van der Waals surface area contributed by atoms with Gasteiger partial charge in [0.05, 0.1) is 5.71 Å². The maximum Gasteiger partial charge on any atom is 0.213 e. The number of hydrogen-bond acceptors (Lipinski definition) is 2. The molecule has 0 saturated heterocycles. The zero-order valence-corrected chi connectivity index (χ0v) is 10.1. The van der Waals surface area contributed by atoms with Gasteiger partial charge in [0.25, 0.3) is 0 Å². The highest BCUT2D eigenvalue weighted by Gasteiger charge is 2.25. The Morgan fingerprint density at radius 3 is 1.89 bits per heavy atom. The second-order valence-electron chi connectivity index (χ2n) is 4.31. The van der Waals surface area contributed by atoms with Crippen LogP contribution >= 0.6 is 0 Å². The molecule has 92 valence electrons. The SMILES string of the molecule is N=C(N)N=C1C(=N)c2ccccc2-c2ccccc21. The van der Waals surface area contributed by atoms with Crippen LogP contribution in [0.25, 0.3) is 11.1 Å². The molecule has 0 atom stereocenters. The zero-order valence-electron chi connectivity index (χ0n) is 10.1. The van der Waals surface area contributed by atoms with Crippen molar-refractivity contribution in [3.05, 3.63) is 59.7 Å². The van der Waals surface area contributed by atoms with E-state index in [2.05, 4.69) is 4.99 Å². The smallest absolute Gasteiger partial charge is 0.213 e. The molecule has 19 heavy (non-hydrogen) atoms. The van der Waals surface area contributed by atoms with E-state index in [1.54, 1.807) is 0 Å². The summed E-state index contributed by atoms with van der Waals surface area (Å²) in [5.74, 6) is -0.283. The van der Waals surface area contributed by atoms with Crippen LogP contribution in [0.15, 0.2) is 53.5 Å². The molecule has 0 radical (unpaired) electrons. The number of nitrogens with zero attached hydrogens (tertiary/aromatic N) is 1. The van der Waals surface area contributed by atoms with Crippen LogP contribution in [-0.2, 0) is 0 Å². The molecule has 0 bridgehead atoms. The number of nitrogens with two attached hydrogens (primary N) is 1. The van der Waals surface area contributed by atoms with Crippen LogP contribution < -0.4 is 5.73 Å². The summed E-state index contributed by atoms with van der Waals surface area (Å²) in [7, 11) is 0. The summed E-state index contributed by atoms with van der Waals surface area (Å²) >= 11 is 0. The van der Waals surface area contributed by atoms with Crippen LogP contribution in [0.2, 0.25) is 0 Å². The Morgan fingerprint density at radius 2 is 1.32 bits per heavy atom. The van der Waals surface area contributed by atoms with E-state index in [4.69, 9.17) is 16.6 Å². The lowest BCUT2D eigenvalue weighted by molar-refractivity contribution is 1.37. The minimum atomic E-state index is -0.283. The first kappa shape index (κ1) is 11.3. The van der Waals surface area contributed by atoms with Gasteiger partial charge in [0, 0.05) is 11.1 Å². The molecule has 0 unspecified atom stereocenters. The molecule has 0 aromatic heterocycles. The number of fused-ring (bicyclic) bond motifs is 3. The Kier molecular flexibility index (Phi) is 2.49. The molecule has 1 aliphatic rings. The molecular weight excluding hydrogens is 236 g/mol. The quantitative estimate of drug-likeness (QED) is 0.485. The highest BCUT2D eigenvalue weighted by Crippen LogP contribution is 2.33. The number of hydrogen-bond donors (Lipinski definition) is 3. The van der Waals surface area contributed by atoms with Crippen molar-refractivity contribution in [1.82, 2.24) is 0 Å². The van der Waals surface area contributed by atoms with E-state index >= 15 is 0 Å². The van der Waals surface area contributed by atoms with E-state index in [9.17, 15) is 0 Å². The average molecular weight is 248 g/mol. The van der Waals surface area contributed by atoms with Gasteiger partial charge in [-0.3, -0.25) is 10.8 Å². The van der Waals surface area contributed by atoms with Gasteiger partial charge in [-0.05, 0) is 11.1 Å². The van der Waals surface area contributed by atoms with E-state index in [0.29, 0.717) is 11.4 Å². The van der Waals surface area contributed by atoms with E-state index in [0.717, 1.165) is 22.3 Å². The molecule has 0 heterocycles. The molecule has 3 rings (SSSR count). The molecule has 0 saturated carbocycles. The van der Waals surface area contributed by atoms with Gasteiger partial charge < -0.3 is 5.73 Å². The lowest BCUT2D eigenvalue weighted by Crippen LogP contribution is -2.24. The second kappa shape index (κ2) is 4.17. The molecule has 2 aromatic rings. The van der Waals surface area contributed by atoms with E-state index < -0.39 is 0 Å². The predicted octanol–water partition coefficient (Wildman–Crippen LogP) is 2.42. The third kappa shape index (κ3) is 1.74. The van der Waals surface area contributed by atoms with Crippen LogP contribution in [0.1, 0.15) is 11.1 Å². The van der Waals surface area contributed by atoms with E-state index in [-0.39, 0.29) is 5.96 Å². The summed E-state index contributed by atoms with van der Waals surface area (Å²) in [6, 6.07) is 15.5. The van der Waals surface area contributed by atoms with Crippen LogP contribution in [-0.4, -0.2) is 17.4 Å². The molecule has 0 spiro atoms. The van der Waals surface area contributed by atoms with Gasteiger partial charge in [0.15, 0.2) is 0 Å². The van der Waals surface area contributed by atoms with Gasteiger partial charge in [-0.1, -0.05) is 48.5 Å². The maximum absolute atomic E-state index is 8.27. The van der Waals surface area contributed by atoms with Crippen molar-refractivity contribution in [1.29, 1.82) is 10.8 Å².